The Morgan fingerprint density at radius 3 is 2.76 bits per heavy atom. The molecule has 1 saturated heterocycles. The average Bonchev–Trinajstić information content (AvgIpc) is 2.91. The van der Waals surface area contributed by atoms with E-state index in [1.54, 1.807) is 0 Å². The van der Waals surface area contributed by atoms with Gasteiger partial charge in [0.1, 0.15) is 5.75 Å². The zero-order valence-electron chi connectivity index (χ0n) is 12.4. The van der Waals surface area contributed by atoms with Gasteiger partial charge in [-0.2, -0.15) is 0 Å². The van der Waals surface area contributed by atoms with Crippen LogP contribution >= 0.6 is 0 Å². The molecule has 2 N–H and O–H groups in total. The lowest BCUT2D eigenvalue weighted by Crippen LogP contribution is -2.32. The third kappa shape index (κ3) is 3.56. The number of carbonyl (C=O) groups is 1. The molecule has 1 aromatic carbocycles. The molecule has 1 aromatic rings. The summed E-state index contributed by atoms with van der Waals surface area (Å²) in [4.78, 5) is 14.3. The maximum Gasteiger partial charge on any atom is 0.226 e. The molecular formula is C17H24N2O2. The molecule has 114 valence electrons. The molecule has 1 aliphatic heterocycles. The van der Waals surface area contributed by atoms with Crippen LogP contribution in [0.25, 0.3) is 0 Å². The van der Waals surface area contributed by atoms with Crippen LogP contribution in [0.3, 0.4) is 0 Å². The van der Waals surface area contributed by atoms with Crippen molar-refractivity contribution in [2.24, 2.45) is 17.6 Å². The van der Waals surface area contributed by atoms with E-state index in [0.717, 1.165) is 31.7 Å². The van der Waals surface area contributed by atoms with Gasteiger partial charge in [-0.25, -0.2) is 0 Å². The quantitative estimate of drug-likeness (QED) is 0.922. The number of rotatable bonds is 4. The van der Waals surface area contributed by atoms with E-state index in [9.17, 15) is 4.79 Å². The lowest BCUT2D eigenvalue weighted by Gasteiger charge is -2.27. The van der Waals surface area contributed by atoms with Crippen molar-refractivity contribution in [3.63, 3.8) is 0 Å². The number of benzene rings is 1. The average molecular weight is 288 g/mol. The van der Waals surface area contributed by atoms with Crippen LogP contribution in [0, 0.1) is 11.8 Å². The molecule has 1 unspecified atom stereocenters. The molecule has 3 rings (SSSR count). The van der Waals surface area contributed by atoms with Crippen LogP contribution in [-0.4, -0.2) is 36.5 Å². The Morgan fingerprint density at radius 1 is 1.19 bits per heavy atom. The molecule has 1 saturated carbocycles. The van der Waals surface area contributed by atoms with Gasteiger partial charge in [-0.1, -0.05) is 18.2 Å². The molecule has 4 heteroatoms. The molecule has 1 aliphatic carbocycles. The molecule has 21 heavy (non-hydrogen) atoms. The van der Waals surface area contributed by atoms with Gasteiger partial charge < -0.3 is 15.4 Å². The SMILES string of the molecule is NC1CC[C@@H]2CN(C(=O)CCOc3ccccc3)C[C@@H]2C1. The van der Waals surface area contributed by atoms with E-state index >= 15 is 0 Å². The van der Waals surface area contributed by atoms with Crippen LogP contribution in [0.1, 0.15) is 25.7 Å². The van der Waals surface area contributed by atoms with Crippen molar-refractivity contribution in [2.75, 3.05) is 19.7 Å². The first-order chi connectivity index (χ1) is 10.2. The van der Waals surface area contributed by atoms with Crippen molar-refractivity contribution >= 4 is 5.91 Å². The Kier molecular flexibility index (Phi) is 4.44. The van der Waals surface area contributed by atoms with Crippen molar-refractivity contribution in [1.29, 1.82) is 0 Å². The second-order valence-corrected chi connectivity index (χ2v) is 6.30. The van der Waals surface area contributed by atoms with Gasteiger partial charge in [-0.15, -0.1) is 0 Å². The summed E-state index contributed by atoms with van der Waals surface area (Å²) < 4.78 is 5.60. The highest BCUT2D eigenvalue weighted by Gasteiger charge is 2.38. The smallest absolute Gasteiger partial charge is 0.226 e. The van der Waals surface area contributed by atoms with Crippen molar-refractivity contribution in [1.82, 2.24) is 4.90 Å². The van der Waals surface area contributed by atoms with Crippen LogP contribution in [0.5, 0.6) is 5.75 Å². The zero-order valence-corrected chi connectivity index (χ0v) is 12.4. The van der Waals surface area contributed by atoms with Gasteiger partial charge in [0.2, 0.25) is 5.91 Å². The maximum absolute atomic E-state index is 12.3. The first kappa shape index (κ1) is 14.4. The molecule has 2 aliphatic rings. The molecule has 0 radical (unpaired) electrons. The molecule has 2 fully saturated rings. The van der Waals surface area contributed by atoms with Crippen molar-refractivity contribution < 1.29 is 9.53 Å². The van der Waals surface area contributed by atoms with Crippen molar-refractivity contribution in [3.05, 3.63) is 30.3 Å². The monoisotopic (exact) mass is 288 g/mol. The highest BCUT2D eigenvalue weighted by molar-refractivity contribution is 5.76. The molecule has 0 spiro atoms. The van der Waals surface area contributed by atoms with E-state index in [2.05, 4.69) is 0 Å². The van der Waals surface area contributed by atoms with Crippen molar-refractivity contribution in [2.45, 2.75) is 31.7 Å². The first-order valence-electron chi connectivity index (χ1n) is 7.93. The fourth-order valence-corrected chi connectivity index (χ4v) is 3.60. The van der Waals surface area contributed by atoms with Crippen LogP contribution in [0.4, 0.5) is 0 Å². The van der Waals surface area contributed by atoms with Gasteiger partial charge in [0, 0.05) is 19.1 Å². The first-order valence-corrected chi connectivity index (χ1v) is 7.93. The number of nitrogens with two attached hydrogens (primary N) is 1. The van der Waals surface area contributed by atoms with E-state index in [1.807, 2.05) is 35.2 Å². The summed E-state index contributed by atoms with van der Waals surface area (Å²) in [7, 11) is 0. The molecule has 1 amide bonds. The summed E-state index contributed by atoms with van der Waals surface area (Å²) in [5.41, 5.74) is 6.03. The van der Waals surface area contributed by atoms with Crippen LogP contribution in [0.15, 0.2) is 30.3 Å². The number of amides is 1. The number of likely N-dealkylation sites (tertiary alicyclic amines) is 1. The predicted molar refractivity (Wildman–Crippen MR) is 81.9 cm³/mol. The summed E-state index contributed by atoms with van der Waals surface area (Å²) in [6.45, 7) is 2.26. The third-order valence-corrected chi connectivity index (χ3v) is 4.77. The summed E-state index contributed by atoms with van der Waals surface area (Å²) in [5, 5.41) is 0. The molecule has 3 atom stereocenters. The van der Waals surface area contributed by atoms with E-state index in [-0.39, 0.29) is 5.91 Å². The van der Waals surface area contributed by atoms with Crippen LogP contribution in [0.2, 0.25) is 0 Å². The molecule has 4 nitrogen and oxygen atoms in total. The van der Waals surface area contributed by atoms with Gasteiger partial charge in [-0.05, 0) is 43.2 Å². The van der Waals surface area contributed by atoms with E-state index in [4.69, 9.17) is 10.5 Å². The number of ether oxygens (including phenoxy) is 1. The van der Waals surface area contributed by atoms with Gasteiger partial charge in [-0.3, -0.25) is 4.79 Å². The van der Waals surface area contributed by atoms with Crippen molar-refractivity contribution in [3.8, 4) is 5.75 Å². The Labute approximate surface area is 126 Å². The second-order valence-electron chi connectivity index (χ2n) is 6.30. The summed E-state index contributed by atoms with van der Waals surface area (Å²) in [5.74, 6) is 2.33. The van der Waals surface area contributed by atoms with Gasteiger partial charge in [0.25, 0.3) is 0 Å². The van der Waals surface area contributed by atoms with E-state index < -0.39 is 0 Å². The number of carbonyl (C=O) groups excluding carboxylic acids is 1. The van der Waals surface area contributed by atoms with Gasteiger partial charge >= 0.3 is 0 Å². The highest BCUT2D eigenvalue weighted by Crippen LogP contribution is 2.35. The number of para-hydroxylation sites is 1. The Hall–Kier alpha value is -1.55. The fraction of sp³-hybridized carbons (Fsp3) is 0.588. The minimum Gasteiger partial charge on any atom is -0.493 e. The third-order valence-electron chi connectivity index (χ3n) is 4.77. The lowest BCUT2D eigenvalue weighted by atomic mass is 9.79. The largest absolute Gasteiger partial charge is 0.493 e. The minimum atomic E-state index is 0.217. The van der Waals surface area contributed by atoms with E-state index in [0.29, 0.717) is 30.9 Å². The summed E-state index contributed by atoms with van der Waals surface area (Å²) >= 11 is 0. The Morgan fingerprint density at radius 2 is 1.95 bits per heavy atom. The predicted octanol–water partition coefficient (Wildman–Crippen LogP) is 2.04. The number of hydrogen-bond acceptors (Lipinski definition) is 3. The maximum atomic E-state index is 12.3. The number of nitrogens with zero attached hydrogens (tertiary/aromatic N) is 1. The fourth-order valence-electron chi connectivity index (χ4n) is 3.60. The normalized spacial score (nSPS) is 28.2. The molecule has 0 bridgehead atoms. The Bertz CT molecular complexity index is 477. The highest BCUT2D eigenvalue weighted by atomic mass is 16.5. The minimum absolute atomic E-state index is 0.217. The summed E-state index contributed by atoms with van der Waals surface area (Å²) in [6.07, 6.45) is 3.83. The standard InChI is InChI=1S/C17H24N2O2/c18-15-7-6-13-11-19(12-14(13)10-15)17(20)8-9-21-16-4-2-1-3-5-16/h1-5,13-15H,6-12,18H2/t13-,14+,15?/m1/s1. The van der Waals surface area contributed by atoms with Crippen LogP contribution in [-0.2, 0) is 4.79 Å². The summed E-state index contributed by atoms with van der Waals surface area (Å²) in [6, 6.07) is 9.99. The Balaban J connectivity index is 1.44. The zero-order chi connectivity index (χ0) is 14.7. The molecule has 0 aromatic heterocycles. The van der Waals surface area contributed by atoms with E-state index in [1.165, 1.54) is 6.42 Å². The second kappa shape index (κ2) is 6.48. The lowest BCUT2D eigenvalue weighted by molar-refractivity contribution is -0.130. The van der Waals surface area contributed by atoms with Gasteiger partial charge in [0.05, 0.1) is 13.0 Å². The molecule has 1 heterocycles. The van der Waals surface area contributed by atoms with Gasteiger partial charge in [0.15, 0.2) is 0 Å². The number of hydrogen-bond donors (Lipinski definition) is 1. The number of fused-ring (bicyclic) bond motifs is 1. The topological polar surface area (TPSA) is 55.6 Å². The van der Waals surface area contributed by atoms with Crippen LogP contribution < -0.4 is 10.5 Å². The molecular weight excluding hydrogens is 264 g/mol.